The van der Waals surface area contributed by atoms with Crippen LogP contribution in [0.1, 0.15) is 59.0 Å². The van der Waals surface area contributed by atoms with Crippen molar-refractivity contribution in [3.05, 3.63) is 112 Å². The van der Waals surface area contributed by atoms with Crippen LogP contribution in [0, 0.1) is 11.8 Å². The monoisotopic (exact) mass is 614 g/mol. The van der Waals surface area contributed by atoms with Crippen LogP contribution >= 0.6 is 11.8 Å². The molecule has 0 saturated heterocycles. The number of aliphatic hydroxyl groups excluding tert-OH is 1. The number of nitrogens with zero attached hydrogens (tertiary/aromatic N) is 1. The van der Waals surface area contributed by atoms with E-state index in [-0.39, 0.29) is 18.0 Å². The molecule has 44 heavy (non-hydrogen) atoms. The fourth-order valence-corrected chi connectivity index (χ4v) is 5.92. The van der Waals surface area contributed by atoms with E-state index in [1.807, 2.05) is 45.0 Å². The third-order valence-corrected chi connectivity index (χ3v) is 8.25. The Morgan fingerprint density at radius 2 is 1.61 bits per heavy atom. The topological polar surface area (TPSA) is 108 Å². The summed E-state index contributed by atoms with van der Waals surface area (Å²) in [6.07, 6.45) is -0.361. The number of rotatable bonds is 12. The molecule has 0 unspecified atom stereocenters. The van der Waals surface area contributed by atoms with E-state index in [1.165, 1.54) is 13.2 Å². The van der Waals surface area contributed by atoms with E-state index in [4.69, 9.17) is 4.84 Å². The van der Waals surface area contributed by atoms with Crippen LogP contribution in [-0.2, 0) is 11.3 Å². The number of benzene rings is 4. The van der Waals surface area contributed by atoms with Crippen molar-refractivity contribution >= 4 is 40.0 Å². The molecule has 0 fully saturated rings. The van der Waals surface area contributed by atoms with Crippen molar-refractivity contribution in [1.29, 1.82) is 0 Å². The summed E-state index contributed by atoms with van der Waals surface area (Å²) in [7, 11) is 1.26. The molecule has 0 aromatic heterocycles. The fourth-order valence-electron chi connectivity index (χ4n) is 4.94. The molecule has 3 N–H and O–H groups in total. The minimum atomic E-state index is -0.988. The van der Waals surface area contributed by atoms with Gasteiger partial charge in [0.1, 0.15) is 0 Å². The third kappa shape index (κ3) is 8.67. The van der Waals surface area contributed by atoms with Gasteiger partial charge in [-0.1, -0.05) is 54.6 Å². The summed E-state index contributed by atoms with van der Waals surface area (Å²) >= 11 is 1.65. The van der Waals surface area contributed by atoms with Gasteiger partial charge in [0, 0.05) is 45.9 Å². The van der Waals surface area contributed by atoms with Crippen LogP contribution in [0.4, 0.5) is 5.69 Å². The quantitative estimate of drug-likeness (QED) is 0.124. The molecular weight excluding hydrogens is 574 g/mol. The molecule has 0 spiro atoms. The molecule has 0 aliphatic carbocycles. The van der Waals surface area contributed by atoms with Crippen molar-refractivity contribution in [1.82, 2.24) is 10.6 Å². The van der Waals surface area contributed by atoms with Gasteiger partial charge in [-0.3, -0.25) is 9.59 Å². The van der Waals surface area contributed by atoms with Crippen LogP contribution in [0.2, 0.25) is 0 Å². The van der Waals surface area contributed by atoms with Crippen molar-refractivity contribution in [2.45, 2.75) is 63.1 Å². The van der Waals surface area contributed by atoms with Crippen LogP contribution in [0.15, 0.2) is 89.8 Å². The standard InChI is InChI=1S/C35H39N3O5S/c1-23-14-16-27(38(42)43-5)22-30(23)33(40)36-31(18-19-44-28-17-15-24-10-6-7-11-25(24)20-28)32(39)21-26-12-8-9-13-29(26)34(41)37-35(2,3)4/h6-17,20,22,31-32,39H,18-19,21H2,1-5H3,(H-,36,37,40,41)/p+1/t31-,32+/m0/s1. The highest BCUT2D eigenvalue weighted by molar-refractivity contribution is 7.99. The molecule has 4 aromatic carbocycles. The van der Waals surface area contributed by atoms with E-state index in [0.29, 0.717) is 39.4 Å². The van der Waals surface area contributed by atoms with E-state index in [0.717, 1.165) is 15.7 Å². The maximum Gasteiger partial charge on any atom is 0.317 e. The van der Waals surface area contributed by atoms with E-state index >= 15 is 0 Å². The van der Waals surface area contributed by atoms with Crippen LogP contribution in [0.5, 0.6) is 0 Å². The molecule has 2 amide bonds. The Kier molecular flexibility index (Phi) is 10.8. The summed E-state index contributed by atoms with van der Waals surface area (Å²) in [6, 6.07) is 25.7. The lowest BCUT2D eigenvalue weighted by molar-refractivity contribution is -0.736. The maximum atomic E-state index is 13.6. The number of hydrogen-bond acceptors (Lipinski definition) is 6. The summed E-state index contributed by atoms with van der Waals surface area (Å²) in [4.78, 5) is 44.8. The molecule has 230 valence electrons. The first-order valence-electron chi connectivity index (χ1n) is 14.6. The van der Waals surface area contributed by atoms with Crippen molar-refractivity contribution in [3.8, 4) is 0 Å². The van der Waals surface area contributed by atoms with Gasteiger partial charge < -0.3 is 15.7 Å². The molecule has 0 saturated carbocycles. The minimum Gasteiger partial charge on any atom is -0.391 e. The summed E-state index contributed by atoms with van der Waals surface area (Å²) in [6.45, 7) is 7.52. The van der Waals surface area contributed by atoms with Crippen molar-refractivity contribution < 1.29 is 24.5 Å². The van der Waals surface area contributed by atoms with E-state index < -0.39 is 23.6 Å². The lowest BCUT2D eigenvalue weighted by Gasteiger charge is -2.26. The Labute approximate surface area is 262 Å². The molecule has 2 atom stereocenters. The van der Waals surface area contributed by atoms with Crippen LogP contribution in [-0.4, -0.2) is 52.4 Å². The molecule has 0 aliphatic rings. The molecule has 9 heteroatoms. The van der Waals surface area contributed by atoms with Gasteiger partial charge in [-0.2, -0.15) is 0 Å². The van der Waals surface area contributed by atoms with Gasteiger partial charge >= 0.3 is 5.69 Å². The molecule has 4 aromatic rings. The van der Waals surface area contributed by atoms with Crippen LogP contribution in [0.3, 0.4) is 0 Å². The van der Waals surface area contributed by atoms with Gasteiger partial charge in [0.25, 0.3) is 16.7 Å². The van der Waals surface area contributed by atoms with Crippen molar-refractivity contribution in [2.24, 2.45) is 0 Å². The highest BCUT2D eigenvalue weighted by atomic mass is 32.2. The number of nitrogens with one attached hydrogen (secondary N) is 2. The summed E-state index contributed by atoms with van der Waals surface area (Å²) in [5.74, 6) is -0.00310. The Hall–Kier alpha value is -4.21. The number of fused-ring (bicyclic) bond motifs is 1. The normalized spacial score (nSPS) is 12.8. The minimum absolute atomic E-state index is 0.163. The summed E-state index contributed by atoms with van der Waals surface area (Å²) < 4.78 is 0. The Morgan fingerprint density at radius 3 is 2.34 bits per heavy atom. The van der Waals surface area contributed by atoms with Crippen molar-refractivity contribution in [3.63, 3.8) is 0 Å². The number of carbonyl (C=O) groups is 2. The molecule has 4 rings (SSSR count). The zero-order valence-electron chi connectivity index (χ0n) is 25.8. The summed E-state index contributed by atoms with van der Waals surface area (Å²) in [5, 5.41) is 19.9. The molecule has 8 nitrogen and oxygen atoms in total. The largest absolute Gasteiger partial charge is 0.391 e. The lowest BCUT2D eigenvalue weighted by atomic mass is 9.95. The summed E-state index contributed by atoms with van der Waals surface area (Å²) in [5.41, 5.74) is 1.92. The number of carbonyl (C=O) groups excluding carboxylic acids is 2. The third-order valence-electron chi connectivity index (χ3n) is 7.22. The predicted molar refractivity (Wildman–Crippen MR) is 175 cm³/mol. The zero-order valence-corrected chi connectivity index (χ0v) is 26.6. The smallest absolute Gasteiger partial charge is 0.317 e. The second-order valence-corrected chi connectivity index (χ2v) is 13.0. The van der Waals surface area contributed by atoms with Gasteiger partial charge in [0.05, 0.1) is 17.1 Å². The number of amides is 2. The zero-order chi connectivity index (χ0) is 31.9. The lowest BCUT2D eigenvalue weighted by Crippen LogP contribution is -2.45. The average molecular weight is 615 g/mol. The Bertz CT molecular complexity index is 1650. The van der Waals surface area contributed by atoms with Gasteiger partial charge in [-0.25, -0.2) is 4.84 Å². The maximum absolute atomic E-state index is 13.6. The highest BCUT2D eigenvalue weighted by Crippen LogP contribution is 2.26. The average Bonchev–Trinajstić information content (AvgIpc) is 2.99. The second kappa shape index (κ2) is 14.5. The Balaban J connectivity index is 1.56. The van der Waals surface area contributed by atoms with Crippen LogP contribution in [0.25, 0.3) is 10.8 Å². The first kappa shape index (κ1) is 32.7. The van der Waals surface area contributed by atoms with Gasteiger partial charge in [-0.15, -0.1) is 11.8 Å². The first-order valence-corrected chi connectivity index (χ1v) is 15.6. The predicted octanol–water partition coefficient (Wildman–Crippen LogP) is 6.53. The fraction of sp³-hybridized carbons (Fsp3) is 0.314. The number of hydrogen-bond donors (Lipinski definition) is 3. The molecule has 0 aliphatic heterocycles. The van der Waals surface area contributed by atoms with Gasteiger partial charge in [-0.05, 0) is 74.2 Å². The second-order valence-electron chi connectivity index (χ2n) is 11.8. The number of aliphatic hydroxyl groups is 1. The molecular formula is C35H40N3O5S+. The number of aryl methyl sites for hydroxylation is 1. The number of thioether (sulfide) groups is 1. The van der Waals surface area contributed by atoms with E-state index in [9.17, 15) is 19.6 Å². The van der Waals surface area contributed by atoms with Crippen LogP contribution < -0.4 is 10.6 Å². The molecule has 0 radical (unpaired) electrons. The van der Waals surface area contributed by atoms with Gasteiger partial charge in [0.15, 0.2) is 7.11 Å². The first-order chi connectivity index (χ1) is 20.9. The molecule has 0 bridgehead atoms. The van der Waals surface area contributed by atoms with Gasteiger partial charge in [0.2, 0.25) is 0 Å². The SMILES string of the molecule is CO[N+](=O)c1ccc(C)c(C(=O)N[C@@H](CCSc2ccc3ccccc3c2)[C@H](O)Cc2ccccc2C(=O)NC(C)(C)C)c1. The highest BCUT2D eigenvalue weighted by Gasteiger charge is 2.27. The van der Waals surface area contributed by atoms with E-state index in [1.54, 1.807) is 43.0 Å². The molecule has 0 heterocycles. The van der Waals surface area contributed by atoms with E-state index in [2.05, 4.69) is 41.0 Å². The van der Waals surface area contributed by atoms with Crippen molar-refractivity contribution in [2.75, 3.05) is 12.9 Å². The Morgan fingerprint density at radius 1 is 0.909 bits per heavy atom.